The molecule has 4 heteroatoms. The molecule has 0 amide bonds. The lowest BCUT2D eigenvalue weighted by Crippen LogP contribution is -2.08. The van der Waals surface area contributed by atoms with Gasteiger partial charge in [-0.3, -0.25) is 0 Å². The second-order valence-electron chi connectivity index (χ2n) is 3.58. The maximum Gasteiger partial charge on any atom is 0.124 e. The smallest absolute Gasteiger partial charge is 0.124 e. The second-order valence-corrected chi connectivity index (χ2v) is 4.02. The van der Waals surface area contributed by atoms with Gasteiger partial charge in [-0.1, -0.05) is 11.6 Å². The monoisotopic (exact) mass is 238 g/mol. The molecule has 3 nitrogen and oxygen atoms in total. The van der Waals surface area contributed by atoms with Crippen LogP contribution in [0.5, 0.6) is 5.75 Å². The number of hydrogen-bond acceptors (Lipinski definition) is 3. The molecule has 86 valence electrons. The summed E-state index contributed by atoms with van der Waals surface area (Å²) in [6, 6.07) is 7.35. The van der Waals surface area contributed by atoms with Crippen LogP contribution < -0.4 is 10.5 Å². The normalized spacial score (nSPS) is 11.9. The molecular weight excluding hydrogens is 224 g/mol. The topological polar surface area (TPSA) is 59.0 Å². The van der Waals surface area contributed by atoms with E-state index in [-0.39, 0.29) is 6.04 Å². The fourth-order valence-electron chi connectivity index (χ4n) is 1.34. The van der Waals surface area contributed by atoms with Gasteiger partial charge < -0.3 is 10.5 Å². The van der Waals surface area contributed by atoms with Crippen molar-refractivity contribution in [2.45, 2.75) is 25.8 Å². The van der Waals surface area contributed by atoms with Crippen LogP contribution in [0.3, 0.4) is 0 Å². The summed E-state index contributed by atoms with van der Waals surface area (Å²) in [5.41, 5.74) is 6.72. The number of ether oxygens (including phenoxy) is 1. The van der Waals surface area contributed by atoms with Crippen LogP contribution in [0.4, 0.5) is 0 Å². The fourth-order valence-corrected chi connectivity index (χ4v) is 1.52. The number of nitrogens with two attached hydrogens (primary N) is 1. The first kappa shape index (κ1) is 12.8. The van der Waals surface area contributed by atoms with Gasteiger partial charge in [0.1, 0.15) is 5.75 Å². The molecule has 0 aromatic heterocycles. The van der Waals surface area contributed by atoms with Gasteiger partial charge in [0.2, 0.25) is 0 Å². The zero-order valence-corrected chi connectivity index (χ0v) is 10.00. The molecule has 0 aliphatic heterocycles. The summed E-state index contributed by atoms with van der Waals surface area (Å²) < 4.78 is 5.57. The molecule has 0 saturated heterocycles. The van der Waals surface area contributed by atoms with E-state index in [4.69, 9.17) is 27.3 Å². The summed E-state index contributed by atoms with van der Waals surface area (Å²) in [5.74, 6) is 0.748. The average Bonchev–Trinajstić information content (AvgIpc) is 2.26. The van der Waals surface area contributed by atoms with Gasteiger partial charge in [0.25, 0.3) is 0 Å². The summed E-state index contributed by atoms with van der Waals surface area (Å²) >= 11 is 5.89. The molecule has 0 unspecified atom stereocenters. The number of nitriles is 1. The zero-order valence-electron chi connectivity index (χ0n) is 9.24. The Bertz CT molecular complexity index is 385. The zero-order chi connectivity index (χ0) is 12.0. The Morgan fingerprint density at radius 2 is 2.31 bits per heavy atom. The summed E-state index contributed by atoms with van der Waals surface area (Å²) in [5, 5.41) is 9.05. The molecule has 0 heterocycles. The van der Waals surface area contributed by atoms with E-state index in [1.54, 1.807) is 6.07 Å². The van der Waals surface area contributed by atoms with Crippen LogP contribution in [0.1, 0.15) is 31.4 Å². The van der Waals surface area contributed by atoms with Crippen molar-refractivity contribution in [2.24, 2.45) is 5.73 Å². The maximum absolute atomic E-state index is 8.40. The van der Waals surface area contributed by atoms with E-state index in [1.165, 1.54) is 0 Å². The van der Waals surface area contributed by atoms with Crippen molar-refractivity contribution in [1.29, 1.82) is 5.26 Å². The van der Waals surface area contributed by atoms with Gasteiger partial charge in [0.05, 0.1) is 12.7 Å². The predicted octanol–water partition coefficient (Wildman–Crippen LogP) is 3.04. The average molecular weight is 239 g/mol. The molecule has 0 bridgehead atoms. The standard InChI is InChI=1S/C12H15ClN2O/c1-9(15)11-8-10(13)4-5-12(11)16-7-3-2-6-14/h4-5,8-9H,2-3,7,15H2,1H3/t9-/m0/s1. The van der Waals surface area contributed by atoms with Crippen LogP contribution in [0.15, 0.2) is 18.2 Å². The van der Waals surface area contributed by atoms with Crippen molar-refractivity contribution in [3.05, 3.63) is 28.8 Å². The molecule has 0 radical (unpaired) electrons. The first-order valence-electron chi connectivity index (χ1n) is 5.20. The van der Waals surface area contributed by atoms with Gasteiger partial charge in [0.15, 0.2) is 0 Å². The molecule has 16 heavy (non-hydrogen) atoms. The minimum Gasteiger partial charge on any atom is -0.493 e. The van der Waals surface area contributed by atoms with E-state index >= 15 is 0 Å². The lowest BCUT2D eigenvalue weighted by molar-refractivity contribution is 0.308. The van der Waals surface area contributed by atoms with Gasteiger partial charge in [-0.05, 0) is 31.5 Å². The van der Waals surface area contributed by atoms with Crippen LogP contribution in [-0.4, -0.2) is 6.61 Å². The van der Waals surface area contributed by atoms with Crippen LogP contribution in [0, 0.1) is 11.3 Å². The summed E-state index contributed by atoms with van der Waals surface area (Å²) in [4.78, 5) is 0. The van der Waals surface area contributed by atoms with Crippen LogP contribution >= 0.6 is 11.6 Å². The van der Waals surface area contributed by atoms with Crippen LogP contribution in [0.2, 0.25) is 5.02 Å². The number of benzene rings is 1. The summed E-state index contributed by atoms with van der Waals surface area (Å²) in [7, 11) is 0. The molecule has 0 saturated carbocycles. The van der Waals surface area contributed by atoms with Crippen molar-refractivity contribution in [3.63, 3.8) is 0 Å². The van der Waals surface area contributed by atoms with Crippen LogP contribution in [-0.2, 0) is 0 Å². The van der Waals surface area contributed by atoms with E-state index < -0.39 is 0 Å². The van der Waals surface area contributed by atoms with Gasteiger partial charge in [-0.2, -0.15) is 5.26 Å². The first-order valence-corrected chi connectivity index (χ1v) is 5.57. The van der Waals surface area contributed by atoms with Gasteiger partial charge in [-0.25, -0.2) is 0 Å². The maximum atomic E-state index is 8.40. The number of unbranched alkanes of at least 4 members (excludes halogenated alkanes) is 1. The van der Waals surface area contributed by atoms with Crippen molar-refractivity contribution in [3.8, 4) is 11.8 Å². The highest BCUT2D eigenvalue weighted by Gasteiger charge is 2.08. The highest BCUT2D eigenvalue weighted by Crippen LogP contribution is 2.27. The third-order valence-corrected chi connectivity index (χ3v) is 2.39. The highest BCUT2D eigenvalue weighted by atomic mass is 35.5. The fraction of sp³-hybridized carbons (Fsp3) is 0.417. The molecule has 0 spiro atoms. The Labute approximate surface area is 101 Å². The quantitative estimate of drug-likeness (QED) is 0.802. The van der Waals surface area contributed by atoms with Gasteiger partial charge in [-0.15, -0.1) is 0 Å². The van der Waals surface area contributed by atoms with Crippen molar-refractivity contribution in [2.75, 3.05) is 6.61 Å². The number of hydrogen-bond donors (Lipinski definition) is 1. The minimum absolute atomic E-state index is 0.121. The molecule has 0 aliphatic rings. The lowest BCUT2D eigenvalue weighted by Gasteiger charge is -2.13. The van der Waals surface area contributed by atoms with E-state index in [0.29, 0.717) is 18.1 Å². The van der Waals surface area contributed by atoms with E-state index in [9.17, 15) is 0 Å². The molecular formula is C12H15ClN2O. The molecule has 1 aromatic carbocycles. The Morgan fingerprint density at radius 3 is 2.94 bits per heavy atom. The molecule has 1 aromatic rings. The molecule has 0 aliphatic carbocycles. The number of rotatable bonds is 5. The minimum atomic E-state index is -0.121. The lowest BCUT2D eigenvalue weighted by atomic mass is 10.1. The third kappa shape index (κ3) is 3.73. The summed E-state index contributed by atoms with van der Waals surface area (Å²) in [6.07, 6.45) is 1.22. The Balaban J connectivity index is 2.68. The second kappa shape index (κ2) is 6.37. The van der Waals surface area contributed by atoms with Crippen molar-refractivity contribution >= 4 is 11.6 Å². The van der Waals surface area contributed by atoms with Crippen molar-refractivity contribution < 1.29 is 4.74 Å². The van der Waals surface area contributed by atoms with Gasteiger partial charge in [0, 0.05) is 23.0 Å². The molecule has 1 atom stereocenters. The highest BCUT2D eigenvalue weighted by molar-refractivity contribution is 6.30. The number of nitrogens with zero attached hydrogens (tertiary/aromatic N) is 1. The van der Waals surface area contributed by atoms with E-state index in [0.717, 1.165) is 17.7 Å². The first-order chi connectivity index (χ1) is 7.65. The molecule has 1 rings (SSSR count). The predicted molar refractivity (Wildman–Crippen MR) is 64.4 cm³/mol. The van der Waals surface area contributed by atoms with Crippen LogP contribution in [0.25, 0.3) is 0 Å². The number of halogens is 1. The largest absolute Gasteiger partial charge is 0.493 e. The SMILES string of the molecule is C[C@H](N)c1cc(Cl)ccc1OCCCC#N. The van der Waals surface area contributed by atoms with E-state index in [2.05, 4.69) is 6.07 Å². The Morgan fingerprint density at radius 1 is 1.56 bits per heavy atom. The molecule has 2 N–H and O–H groups in total. The molecule has 0 fully saturated rings. The summed E-state index contributed by atoms with van der Waals surface area (Å²) in [6.45, 7) is 2.41. The van der Waals surface area contributed by atoms with Gasteiger partial charge >= 0.3 is 0 Å². The third-order valence-electron chi connectivity index (χ3n) is 2.15. The Kier molecular flexibility index (Phi) is 5.10. The Hall–Kier alpha value is -1.24. The van der Waals surface area contributed by atoms with E-state index in [1.807, 2.05) is 19.1 Å². The van der Waals surface area contributed by atoms with Crippen molar-refractivity contribution in [1.82, 2.24) is 0 Å².